The Hall–Kier alpha value is -4.58. The molecule has 10 aromatic rings. The monoisotopic (exact) mass is 1080 g/mol. The van der Waals surface area contributed by atoms with E-state index in [0.717, 1.165) is 12.8 Å². The van der Waals surface area contributed by atoms with E-state index in [1.807, 2.05) is 0 Å². The van der Waals surface area contributed by atoms with Gasteiger partial charge in [0.15, 0.2) is 7.98 Å². The van der Waals surface area contributed by atoms with Gasteiger partial charge in [-0.3, -0.25) is 0 Å². The summed E-state index contributed by atoms with van der Waals surface area (Å²) in [5.74, 6) is 1.33. The average Bonchev–Trinajstić information content (AvgIpc) is 3.96. The van der Waals surface area contributed by atoms with Gasteiger partial charge in [-0.05, 0) is 79.6 Å². The molecule has 10 rings (SSSR count). The summed E-state index contributed by atoms with van der Waals surface area (Å²) >= 11 is -0.826. The van der Waals surface area contributed by atoms with Crippen molar-refractivity contribution in [3.8, 4) is 44.5 Å². The number of hydrogen-bond donors (Lipinski definition) is 0. The van der Waals surface area contributed by atoms with Crippen LogP contribution in [0.3, 0.4) is 0 Å². The Morgan fingerprint density at radius 1 is 0.408 bits per heavy atom. The number of rotatable bonds is 10. The molecule has 0 amide bonds. The molecular weight excluding hydrogens is 1010 g/mol. The van der Waals surface area contributed by atoms with Crippen LogP contribution in [-0.4, -0.2) is 28.6 Å². The maximum absolute atomic E-state index is 5.98. The molecule has 0 aliphatic rings. The van der Waals surface area contributed by atoms with Crippen LogP contribution in [0.4, 0.5) is 0 Å². The van der Waals surface area contributed by atoms with E-state index in [-0.39, 0.29) is 0 Å². The molecule has 0 atom stereocenters. The van der Waals surface area contributed by atoms with Crippen molar-refractivity contribution < 1.29 is 20.8 Å². The van der Waals surface area contributed by atoms with E-state index in [0.29, 0.717) is 11.8 Å². The Kier molecular flexibility index (Phi) is 18.7. The Labute approximate surface area is 447 Å². The molecule has 0 saturated carbocycles. The third-order valence-electron chi connectivity index (χ3n) is 12.9. The first kappa shape index (κ1) is 54.2. The second-order valence-corrected chi connectivity index (χ2v) is 35.3. The second-order valence-electron chi connectivity index (χ2n) is 21.5. The number of nitrogens with zero attached hydrogens (tertiary/aromatic N) is 1. The van der Waals surface area contributed by atoms with E-state index < -0.39 is 37.3 Å². The summed E-state index contributed by atoms with van der Waals surface area (Å²) in [4.78, 5) is 0. The van der Waals surface area contributed by atoms with E-state index in [9.17, 15) is 0 Å². The zero-order valence-electron chi connectivity index (χ0n) is 43.3. The quantitative estimate of drug-likeness (QED) is 0.0974. The first-order chi connectivity index (χ1) is 34.0. The van der Waals surface area contributed by atoms with Crippen molar-refractivity contribution in [1.82, 2.24) is 4.14 Å². The Bertz CT molecular complexity index is 3110. The standard InChI is InChI=1S/2C29H25.C6H18BNSi2.2ClH.Zr/c2*1-20(2)17-21-18-23-11-8-16-28(29(23)19-21)27-14-6-5-13-26(27)25-15-7-10-22-9-3-4-12-24(22)25;1-9(2,3)8(7)10(4,5)6;;;/h2*3-16,18-20H,17H2,1-2H3;1-6H3;2*1H;/q2*-1;;;;+4/p-2. The average molecular weight is 1080 g/mol. The molecule has 7 heteroatoms. The van der Waals surface area contributed by atoms with Crippen LogP contribution in [0.5, 0.6) is 0 Å². The molecule has 71 heavy (non-hydrogen) atoms. The van der Waals surface area contributed by atoms with Crippen LogP contribution in [0.2, 0.25) is 39.3 Å². The molecule has 358 valence electrons. The molecule has 0 bridgehead atoms. The molecule has 2 radical (unpaired) electrons. The Morgan fingerprint density at radius 2 is 0.676 bits per heavy atom. The van der Waals surface area contributed by atoms with Gasteiger partial charge in [0.25, 0.3) is 0 Å². The first-order valence-electron chi connectivity index (χ1n) is 25.0. The van der Waals surface area contributed by atoms with Crippen LogP contribution in [0, 0.1) is 11.8 Å². The maximum atomic E-state index is 5.98. The van der Waals surface area contributed by atoms with E-state index >= 15 is 0 Å². The fourth-order valence-corrected chi connectivity index (χ4v) is 18.1. The van der Waals surface area contributed by atoms with Gasteiger partial charge in [0.1, 0.15) is 16.5 Å². The minimum absolute atomic E-state index is 0.665. The van der Waals surface area contributed by atoms with E-state index in [1.165, 1.54) is 98.7 Å². The summed E-state index contributed by atoms with van der Waals surface area (Å²) in [6, 6.07) is 71.1. The SMILES string of the molecule is CC(C)Cc1cc2c(-c3ccccc3-c3cccc4ccccc34)cccc2[cH-]1.CC(C)Cc1cc2c(-c3ccccc3-c3cccc4ccccc34)cccc2[cH-]1.[B]N([Si](C)(C)C)[Si](C)(C)C.[Cl][Zr+2][Cl]. The molecule has 10 aromatic carbocycles. The van der Waals surface area contributed by atoms with Gasteiger partial charge in [-0.15, -0.1) is 69.1 Å². The van der Waals surface area contributed by atoms with Gasteiger partial charge in [0, 0.05) is 0 Å². The summed E-state index contributed by atoms with van der Waals surface area (Å²) in [6.45, 7) is 22.8. The molecule has 0 fully saturated rings. The van der Waals surface area contributed by atoms with Gasteiger partial charge in [0.2, 0.25) is 0 Å². The molecule has 0 aliphatic heterocycles. The molecule has 1 nitrogen and oxygen atoms in total. The van der Waals surface area contributed by atoms with Gasteiger partial charge in [-0.25, -0.2) is 0 Å². The third-order valence-corrected chi connectivity index (χ3v) is 19.9. The summed E-state index contributed by atoms with van der Waals surface area (Å²) in [5, 5.41) is 10.6. The minimum atomic E-state index is -1.22. The molecule has 0 aromatic heterocycles. The first-order valence-corrected chi connectivity index (χ1v) is 38.2. The summed E-state index contributed by atoms with van der Waals surface area (Å²) in [6.07, 6.45) is 2.25. The number of halogens is 2. The van der Waals surface area contributed by atoms with Crippen molar-refractivity contribution in [2.24, 2.45) is 11.8 Å². The fraction of sp³-hybridized carbons (Fsp3) is 0.219. The van der Waals surface area contributed by atoms with E-state index in [1.54, 1.807) is 0 Å². The van der Waals surface area contributed by atoms with Gasteiger partial charge >= 0.3 is 37.9 Å². The van der Waals surface area contributed by atoms with Crippen LogP contribution in [0.15, 0.2) is 194 Å². The van der Waals surface area contributed by atoms with E-state index in [2.05, 4.69) is 265 Å². The molecule has 0 saturated heterocycles. The molecule has 0 aliphatic carbocycles. The van der Waals surface area contributed by atoms with Crippen molar-refractivity contribution >= 4 is 84.6 Å². The normalized spacial score (nSPS) is 11.6. The number of fused-ring (bicyclic) bond motifs is 4. The van der Waals surface area contributed by atoms with Crippen LogP contribution >= 0.6 is 17.0 Å². The van der Waals surface area contributed by atoms with Gasteiger partial charge in [-0.1, -0.05) is 224 Å². The van der Waals surface area contributed by atoms with Crippen molar-refractivity contribution in [3.63, 3.8) is 0 Å². The van der Waals surface area contributed by atoms with E-state index in [4.69, 9.17) is 25.0 Å². The predicted molar refractivity (Wildman–Crippen MR) is 319 cm³/mol. The van der Waals surface area contributed by atoms with Crippen molar-refractivity contribution in [1.29, 1.82) is 0 Å². The van der Waals surface area contributed by atoms with Crippen molar-refractivity contribution in [2.45, 2.75) is 79.8 Å². The van der Waals surface area contributed by atoms with Crippen LogP contribution in [-0.2, 0) is 33.7 Å². The fourth-order valence-electron chi connectivity index (χ4n) is 10.1. The van der Waals surface area contributed by atoms with Crippen molar-refractivity contribution in [2.75, 3.05) is 0 Å². The van der Waals surface area contributed by atoms with Crippen LogP contribution < -0.4 is 0 Å². The zero-order chi connectivity index (χ0) is 50.9. The molecule has 0 unspecified atom stereocenters. The predicted octanol–water partition coefficient (Wildman–Crippen LogP) is 19.9. The van der Waals surface area contributed by atoms with Gasteiger partial charge in [0.05, 0.1) is 0 Å². The summed E-state index contributed by atoms with van der Waals surface area (Å²) < 4.78 is 2.15. The zero-order valence-corrected chi connectivity index (χ0v) is 49.3. The number of hydrogen-bond acceptors (Lipinski definition) is 1. The van der Waals surface area contributed by atoms with Gasteiger partial charge < -0.3 is 4.14 Å². The topological polar surface area (TPSA) is 3.24 Å². The second kappa shape index (κ2) is 24.4. The van der Waals surface area contributed by atoms with Crippen LogP contribution in [0.1, 0.15) is 38.8 Å². The summed E-state index contributed by atoms with van der Waals surface area (Å²) in [7, 11) is 13.4. The number of benzene rings is 8. The molecule has 0 N–H and O–H groups in total. The molecule has 0 spiro atoms. The Morgan fingerprint density at radius 3 is 0.986 bits per heavy atom. The molecule has 0 heterocycles. The third kappa shape index (κ3) is 13.5. The summed E-state index contributed by atoms with van der Waals surface area (Å²) in [5.41, 5.74) is 13.3. The molecular formula is C64H68BCl2NSi2Zr. The van der Waals surface area contributed by atoms with Crippen LogP contribution in [0.25, 0.3) is 87.6 Å². The van der Waals surface area contributed by atoms with Crippen molar-refractivity contribution in [3.05, 3.63) is 205 Å². The Balaban J connectivity index is 0.000000168. The van der Waals surface area contributed by atoms with Gasteiger partial charge in [-0.2, -0.15) is 12.1 Å².